The number of rotatable bonds is 4. The molecule has 33 heavy (non-hydrogen) atoms. The van der Waals surface area contributed by atoms with E-state index < -0.39 is 5.54 Å². The highest BCUT2D eigenvalue weighted by Crippen LogP contribution is 2.48. The van der Waals surface area contributed by atoms with Gasteiger partial charge in [0.15, 0.2) is 0 Å². The van der Waals surface area contributed by atoms with E-state index in [1.54, 1.807) is 0 Å². The van der Waals surface area contributed by atoms with Crippen molar-refractivity contribution in [3.63, 3.8) is 0 Å². The summed E-state index contributed by atoms with van der Waals surface area (Å²) in [6.45, 7) is 9.42. The van der Waals surface area contributed by atoms with E-state index in [4.69, 9.17) is 0 Å². The number of likely N-dealkylation sites (tertiary alicyclic amines) is 1. The predicted molar refractivity (Wildman–Crippen MR) is 127 cm³/mol. The van der Waals surface area contributed by atoms with Crippen LogP contribution in [0.5, 0.6) is 0 Å². The van der Waals surface area contributed by atoms with Crippen molar-refractivity contribution in [1.82, 2.24) is 24.6 Å². The third kappa shape index (κ3) is 3.73. The number of amides is 2. The van der Waals surface area contributed by atoms with Crippen molar-refractivity contribution in [2.45, 2.75) is 37.9 Å². The molecule has 3 aliphatic heterocycles. The van der Waals surface area contributed by atoms with E-state index in [-0.39, 0.29) is 23.8 Å². The number of hydrogen-bond acceptors (Lipinski definition) is 5. The Kier molecular flexibility index (Phi) is 5.70. The van der Waals surface area contributed by atoms with Gasteiger partial charge in [-0.3, -0.25) is 19.5 Å². The second-order valence-electron chi connectivity index (χ2n) is 9.99. The normalized spacial score (nSPS) is 23.0. The standard InChI is InChI=1S/C26H33N5O2/c1-19(2)31-24(32)22-10-5-4-9-21(22)23(25(33)30-14-12-28(3)13-15-30)26(31)17-29(18-26)16-20-8-6-7-11-27-20/h4-11,19,23H,12-18H2,1-3H3. The molecule has 1 atom stereocenters. The maximum Gasteiger partial charge on any atom is 0.254 e. The minimum Gasteiger partial charge on any atom is -0.340 e. The van der Waals surface area contributed by atoms with Crippen molar-refractivity contribution < 1.29 is 9.59 Å². The molecule has 2 saturated heterocycles. The molecule has 1 spiro atoms. The van der Waals surface area contributed by atoms with Crippen molar-refractivity contribution >= 4 is 11.8 Å². The zero-order chi connectivity index (χ0) is 23.2. The van der Waals surface area contributed by atoms with Gasteiger partial charge in [-0.15, -0.1) is 0 Å². The van der Waals surface area contributed by atoms with Crippen LogP contribution in [0.25, 0.3) is 0 Å². The van der Waals surface area contributed by atoms with Crippen molar-refractivity contribution in [1.29, 1.82) is 0 Å². The first-order chi connectivity index (χ1) is 15.9. The Labute approximate surface area is 196 Å². The number of aromatic nitrogens is 1. The highest BCUT2D eigenvalue weighted by atomic mass is 16.2. The second kappa shape index (κ2) is 8.54. The molecule has 174 valence electrons. The summed E-state index contributed by atoms with van der Waals surface area (Å²) in [5.74, 6) is -0.149. The Hall–Kier alpha value is -2.77. The first-order valence-electron chi connectivity index (χ1n) is 11.9. The maximum absolute atomic E-state index is 14.1. The number of piperazine rings is 1. The number of nitrogens with zero attached hydrogens (tertiary/aromatic N) is 5. The van der Waals surface area contributed by atoms with Crippen molar-refractivity contribution in [3.8, 4) is 0 Å². The zero-order valence-electron chi connectivity index (χ0n) is 19.8. The first-order valence-corrected chi connectivity index (χ1v) is 11.9. The molecule has 4 heterocycles. The van der Waals surface area contributed by atoms with Crippen LogP contribution in [-0.2, 0) is 11.3 Å². The Morgan fingerprint density at radius 2 is 1.76 bits per heavy atom. The minimum atomic E-state index is -0.533. The first kappa shape index (κ1) is 22.0. The lowest BCUT2D eigenvalue weighted by molar-refractivity contribution is -0.146. The van der Waals surface area contributed by atoms with Crippen LogP contribution in [0.1, 0.15) is 41.4 Å². The van der Waals surface area contributed by atoms with Crippen LogP contribution in [0.15, 0.2) is 48.7 Å². The largest absolute Gasteiger partial charge is 0.340 e. The van der Waals surface area contributed by atoms with E-state index >= 15 is 0 Å². The number of carbonyl (C=O) groups excluding carboxylic acids is 2. The number of fused-ring (bicyclic) bond motifs is 1. The van der Waals surface area contributed by atoms with Gasteiger partial charge in [0.2, 0.25) is 5.91 Å². The van der Waals surface area contributed by atoms with Crippen molar-refractivity contribution in [3.05, 3.63) is 65.5 Å². The van der Waals surface area contributed by atoms with Gasteiger partial charge in [-0.2, -0.15) is 0 Å². The molecule has 3 aliphatic rings. The monoisotopic (exact) mass is 447 g/mol. The lowest BCUT2D eigenvalue weighted by Gasteiger charge is -2.62. The third-order valence-electron chi connectivity index (χ3n) is 7.42. The van der Waals surface area contributed by atoms with E-state index in [1.807, 2.05) is 58.5 Å². The third-order valence-corrected chi connectivity index (χ3v) is 7.42. The highest BCUT2D eigenvalue weighted by molar-refractivity contribution is 6.02. The number of hydrogen-bond donors (Lipinski definition) is 0. The highest BCUT2D eigenvalue weighted by Gasteiger charge is 2.61. The molecule has 1 aromatic carbocycles. The fourth-order valence-corrected chi connectivity index (χ4v) is 5.92. The van der Waals surface area contributed by atoms with E-state index in [2.05, 4.69) is 35.7 Å². The number of pyridine rings is 1. The predicted octanol–water partition coefficient (Wildman–Crippen LogP) is 2.06. The average Bonchev–Trinajstić information content (AvgIpc) is 2.79. The molecule has 0 aliphatic carbocycles. The number of benzene rings is 1. The lowest BCUT2D eigenvalue weighted by Crippen LogP contribution is -2.77. The van der Waals surface area contributed by atoms with Crippen LogP contribution in [0.4, 0.5) is 0 Å². The van der Waals surface area contributed by atoms with Gasteiger partial charge >= 0.3 is 0 Å². The molecule has 0 saturated carbocycles. The molecule has 7 heteroatoms. The van der Waals surface area contributed by atoms with E-state index in [9.17, 15) is 9.59 Å². The molecule has 2 fully saturated rings. The fourth-order valence-electron chi connectivity index (χ4n) is 5.92. The van der Waals surface area contributed by atoms with Crippen LogP contribution in [-0.4, -0.2) is 94.3 Å². The molecule has 2 aromatic rings. The molecular formula is C26H33N5O2. The summed E-state index contributed by atoms with van der Waals surface area (Å²) in [6.07, 6.45) is 1.81. The zero-order valence-corrected chi connectivity index (χ0v) is 19.8. The second-order valence-corrected chi connectivity index (χ2v) is 9.99. The summed E-state index contributed by atoms with van der Waals surface area (Å²) in [5, 5.41) is 0. The minimum absolute atomic E-state index is 0.00523. The Morgan fingerprint density at radius 3 is 2.42 bits per heavy atom. The summed E-state index contributed by atoms with van der Waals surface area (Å²) in [7, 11) is 2.10. The summed E-state index contributed by atoms with van der Waals surface area (Å²) in [5.41, 5.74) is 2.04. The van der Waals surface area contributed by atoms with Gasteiger partial charge in [-0.1, -0.05) is 24.3 Å². The molecule has 1 unspecified atom stereocenters. The van der Waals surface area contributed by atoms with Gasteiger partial charge in [0.25, 0.3) is 5.91 Å². The van der Waals surface area contributed by atoms with Gasteiger partial charge in [0.1, 0.15) is 0 Å². The van der Waals surface area contributed by atoms with E-state index in [1.165, 1.54) is 0 Å². The molecule has 7 nitrogen and oxygen atoms in total. The summed E-state index contributed by atoms with van der Waals surface area (Å²) < 4.78 is 0. The van der Waals surface area contributed by atoms with Crippen molar-refractivity contribution in [2.75, 3.05) is 46.3 Å². The summed E-state index contributed by atoms with van der Waals surface area (Å²) in [4.78, 5) is 40.8. The van der Waals surface area contributed by atoms with Gasteiger partial charge < -0.3 is 14.7 Å². The van der Waals surface area contributed by atoms with Crippen LogP contribution in [0, 0.1) is 0 Å². The molecule has 5 rings (SSSR count). The number of likely N-dealkylation sites (N-methyl/N-ethyl adjacent to an activating group) is 1. The van der Waals surface area contributed by atoms with Crippen LogP contribution in [0.3, 0.4) is 0 Å². The van der Waals surface area contributed by atoms with Gasteiger partial charge in [0, 0.05) is 63.6 Å². The van der Waals surface area contributed by atoms with Crippen LogP contribution < -0.4 is 0 Å². The fraction of sp³-hybridized carbons (Fsp3) is 0.500. The van der Waals surface area contributed by atoms with Gasteiger partial charge in [0.05, 0.1) is 17.2 Å². The molecule has 0 bridgehead atoms. The van der Waals surface area contributed by atoms with E-state index in [0.717, 1.165) is 44.0 Å². The SMILES string of the molecule is CC(C)N1C(=O)c2ccccc2C(C(=O)N2CCN(C)CC2)C12CN(Cc1ccccn1)C2. The average molecular weight is 448 g/mol. The van der Waals surface area contributed by atoms with Crippen LogP contribution in [0.2, 0.25) is 0 Å². The Bertz CT molecular complexity index is 1030. The summed E-state index contributed by atoms with van der Waals surface area (Å²) >= 11 is 0. The molecule has 0 N–H and O–H groups in total. The van der Waals surface area contributed by atoms with E-state index in [0.29, 0.717) is 18.7 Å². The number of carbonyl (C=O) groups is 2. The molecular weight excluding hydrogens is 414 g/mol. The van der Waals surface area contributed by atoms with Gasteiger partial charge in [-0.25, -0.2) is 0 Å². The topological polar surface area (TPSA) is 60.0 Å². The van der Waals surface area contributed by atoms with Gasteiger partial charge in [-0.05, 0) is 44.7 Å². The Morgan fingerprint density at radius 1 is 1.06 bits per heavy atom. The summed E-state index contributed by atoms with van der Waals surface area (Å²) in [6, 6.07) is 13.7. The Balaban J connectivity index is 1.52. The molecule has 0 radical (unpaired) electrons. The van der Waals surface area contributed by atoms with Crippen molar-refractivity contribution in [2.24, 2.45) is 0 Å². The molecule has 1 aromatic heterocycles. The molecule has 2 amide bonds. The maximum atomic E-state index is 14.1. The lowest BCUT2D eigenvalue weighted by atomic mass is 9.67. The smallest absolute Gasteiger partial charge is 0.254 e. The quantitative estimate of drug-likeness (QED) is 0.718. The van der Waals surface area contributed by atoms with Crippen LogP contribution >= 0.6 is 0 Å².